The topological polar surface area (TPSA) is 74.8 Å². The zero-order chi connectivity index (χ0) is 13.9. The molecule has 18 heavy (non-hydrogen) atoms. The molecule has 0 aliphatic rings. The molecule has 0 amide bonds. The summed E-state index contributed by atoms with van der Waals surface area (Å²) in [4.78, 5) is 0.239. The fourth-order valence-electron chi connectivity index (χ4n) is 1.84. The van der Waals surface area contributed by atoms with Gasteiger partial charge in [0.15, 0.2) is 0 Å². The number of nitrogens with zero attached hydrogens (tertiary/aromatic N) is 1. The van der Waals surface area contributed by atoms with E-state index in [0.717, 1.165) is 0 Å². The third-order valence-electron chi connectivity index (χ3n) is 2.86. The number of rotatable bonds is 6. The summed E-state index contributed by atoms with van der Waals surface area (Å²) in [5.74, 6) is 0.611. The highest BCUT2D eigenvalue weighted by atomic mass is 35.5. The highest BCUT2D eigenvalue weighted by Crippen LogP contribution is 2.19. The summed E-state index contributed by atoms with van der Waals surface area (Å²) in [6, 6.07) is -0.166. The molecule has 1 unspecified atom stereocenters. The summed E-state index contributed by atoms with van der Waals surface area (Å²) in [5.41, 5.74) is 1.03. The quantitative estimate of drug-likeness (QED) is 0.787. The van der Waals surface area contributed by atoms with Gasteiger partial charge in [0.05, 0.1) is 11.4 Å². The van der Waals surface area contributed by atoms with Crippen molar-refractivity contribution in [1.29, 1.82) is 0 Å². The summed E-state index contributed by atoms with van der Waals surface area (Å²) in [6.45, 7) is 7.30. The van der Waals surface area contributed by atoms with Gasteiger partial charge in [-0.3, -0.25) is 5.10 Å². The number of H-pyrrole nitrogens is 1. The summed E-state index contributed by atoms with van der Waals surface area (Å²) in [6.07, 6.45) is 0.606. The summed E-state index contributed by atoms with van der Waals surface area (Å²) < 4.78 is 27.3. The first-order valence-electron chi connectivity index (χ1n) is 5.89. The maximum Gasteiger partial charge on any atom is 0.244 e. The maximum atomic E-state index is 12.3. The standard InChI is InChI=1S/C11H20ClN3O2S/c1-7(2)10(5-6-12)15-18(16,17)11-8(3)13-14-9(11)4/h7,10,15H,5-6H2,1-4H3,(H,13,14). The van der Waals surface area contributed by atoms with Gasteiger partial charge in [-0.2, -0.15) is 5.10 Å². The van der Waals surface area contributed by atoms with Crippen molar-refractivity contribution in [2.45, 2.75) is 45.1 Å². The average Bonchev–Trinajstić information content (AvgIpc) is 2.58. The van der Waals surface area contributed by atoms with E-state index in [4.69, 9.17) is 11.6 Å². The van der Waals surface area contributed by atoms with Gasteiger partial charge in [0, 0.05) is 11.9 Å². The van der Waals surface area contributed by atoms with Gasteiger partial charge < -0.3 is 0 Å². The lowest BCUT2D eigenvalue weighted by molar-refractivity contribution is 0.438. The van der Waals surface area contributed by atoms with Crippen molar-refractivity contribution in [3.63, 3.8) is 0 Å². The second-order valence-electron chi connectivity index (χ2n) is 4.71. The van der Waals surface area contributed by atoms with Gasteiger partial charge in [0.1, 0.15) is 4.90 Å². The molecule has 0 bridgehead atoms. The Balaban J connectivity index is 3.01. The lowest BCUT2D eigenvalue weighted by Gasteiger charge is -2.21. The normalized spacial score (nSPS) is 14.1. The van der Waals surface area contributed by atoms with Crippen LogP contribution in [0.4, 0.5) is 0 Å². The van der Waals surface area contributed by atoms with E-state index >= 15 is 0 Å². The van der Waals surface area contributed by atoms with E-state index in [0.29, 0.717) is 23.7 Å². The van der Waals surface area contributed by atoms with E-state index in [1.807, 2.05) is 13.8 Å². The molecule has 0 radical (unpaired) electrons. The van der Waals surface area contributed by atoms with Gasteiger partial charge in [-0.1, -0.05) is 13.8 Å². The van der Waals surface area contributed by atoms with Crippen LogP contribution in [0.5, 0.6) is 0 Å². The Morgan fingerprint density at radius 1 is 1.39 bits per heavy atom. The molecule has 0 saturated heterocycles. The monoisotopic (exact) mass is 293 g/mol. The third-order valence-corrected chi connectivity index (χ3v) is 4.83. The molecule has 5 nitrogen and oxygen atoms in total. The van der Waals surface area contributed by atoms with Crippen LogP contribution in [0.3, 0.4) is 0 Å². The van der Waals surface area contributed by atoms with Gasteiger partial charge in [-0.05, 0) is 26.2 Å². The zero-order valence-electron chi connectivity index (χ0n) is 11.1. The van der Waals surface area contributed by atoms with Crippen molar-refractivity contribution >= 4 is 21.6 Å². The summed E-state index contributed by atoms with van der Waals surface area (Å²) in [7, 11) is -3.55. The van der Waals surface area contributed by atoms with Crippen LogP contribution < -0.4 is 4.72 Å². The average molecular weight is 294 g/mol. The van der Waals surface area contributed by atoms with Crippen LogP contribution in [0.25, 0.3) is 0 Å². The van der Waals surface area contributed by atoms with Crippen LogP contribution >= 0.6 is 11.6 Å². The van der Waals surface area contributed by atoms with Gasteiger partial charge in [-0.15, -0.1) is 11.6 Å². The van der Waals surface area contributed by atoms with Crippen molar-refractivity contribution in [1.82, 2.24) is 14.9 Å². The Hall–Kier alpha value is -0.590. The van der Waals surface area contributed by atoms with Crippen molar-refractivity contribution in [2.24, 2.45) is 5.92 Å². The first-order chi connectivity index (χ1) is 8.29. The Bertz CT molecular complexity index is 477. The first-order valence-corrected chi connectivity index (χ1v) is 7.91. The molecule has 7 heteroatoms. The molecular weight excluding hydrogens is 274 g/mol. The van der Waals surface area contributed by atoms with Gasteiger partial charge in [-0.25, -0.2) is 13.1 Å². The van der Waals surface area contributed by atoms with Crippen molar-refractivity contribution in [2.75, 3.05) is 5.88 Å². The molecule has 1 rings (SSSR count). The minimum absolute atomic E-state index is 0.166. The van der Waals surface area contributed by atoms with E-state index in [1.165, 1.54) is 0 Å². The van der Waals surface area contributed by atoms with Crippen LogP contribution in [-0.2, 0) is 10.0 Å². The number of aromatic amines is 1. The molecule has 1 aromatic heterocycles. The minimum atomic E-state index is -3.55. The maximum absolute atomic E-state index is 12.3. The fourth-order valence-corrected chi connectivity index (χ4v) is 3.87. The molecule has 2 N–H and O–H groups in total. The third kappa shape index (κ3) is 3.46. The number of nitrogens with one attached hydrogen (secondary N) is 2. The zero-order valence-corrected chi connectivity index (χ0v) is 12.7. The highest BCUT2D eigenvalue weighted by Gasteiger charge is 2.26. The second kappa shape index (κ2) is 6.04. The molecule has 1 atom stereocenters. The van der Waals surface area contributed by atoms with Crippen LogP contribution in [-0.4, -0.2) is 30.5 Å². The Labute approximate surface area is 113 Å². The number of halogens is 1. The smallest absolute Gasteiger partial charge is 0.244 e. The predicted molar refractivity (Wildman–Crippen MR) is 72.3 cm³/mol. The van der Waals surface area contributed by atoms with Crippen LogP contribution in [0.15, 0.2) is 4.90 Å². The van der Waals surface area contributed by atoms with E-state index in [1.54, 1.807) is 13.8 Å². The largest absolute Gasteiger partial charge is 0.281 e. The molecule has 1 aromatic rings. The van der Waals surface area contributed by atoms with E-state index < -0.39 is 10.0 Å². The fraction of sp³-hybridized carbons (Fsp3) is 0.727. The second-order valence-corrected chi connectivity index (χ2v) is 6.74. The van der Waals surface area contributed by atoms with Crippen molar-refractivity contribution in [3.8, 4) is 0 Å². The van der Waals surface area contributed by atoms with Gasteiger partial charge >= 0.3 is 0 Å². The van der Waals surface area contributed by atoms with E-state index in [-0.39, 0.29) is 16.9 Å². The number of alkyl halides is 1. The predicted octanol–water partition coefficient (Wildman–Crippen LogP) is 1.96. The highest BCUT2D eigenvalue weighted by molar-refractivity contribution is 7.89. The molecule has 104 valence electrons. The first kappa shape index (κ1) is 15.5. The van der Waals surface area contributed by atoms with Crippen molar-refractivity contribution in [3.05, 3.63) is 11.4 Å². The molecule has 0 aliphatic carbocycles. The van der Waals surface area contributed by atoms with E-state index in [2.05, 4.69) is 14.9 Å². The Morgan fingerprint density at radius 2 is 2.00 bits per heavy atom. The Kier molecular flexibility index (Phi) is 5.19. The van der Waals surface area contributed by atoms with Crippen LogP contribution in [0.2, 0.25) is 0 Å². The molecular formula is C11H20ClN3O2S. The van der Waals surface area contributed by atoms with Gasteiger partial charge in [0.2, 0.25) is 10.0 Å². The lowest BCUT2D eigenvalue weighted by Crippen LogP contribution is -2.39. The Morgan fingerprint density at radius 3 is 2.39 bits per heavy atom. The molecule has 0 spiro atoms. The summed E-state index contributed by atoms with van der Waals surface area (Å²) in [5, 5.41) is 6.59. The van der Waals surface area contributed by atoms with Crippen molar-refractivity contribution < 1.29 is 8.42 Å². The van der Waals surface area contributed by atoms with Crippen LogP contribution in [0, 0.1) is 19.8 Å². The number of hydrogen-bond acceptors (Lipinski definition) is 3. The molecule has 0 fully saturated rings. The molecule has 0 aromatic carbocycles. The number of sulfonamides is 1. The lowest BCUT2D eigenvalue weighted by atomic mass is 10.0. The van der Waals surface area contributed by atoms with Crippen LogP contribution in [0.1, 0.15) is 31.7 Å². The number of hydrogen-bond donors (Lipinski definition) is 2. The number of aromatic nitrogens is 2. The molecule has 0 aliphatic heterocycles. The molecule has 1 heterocycles. The number of aryl methyl sites for hydroxylation is 2. The molecule has 0 saturated carbocycles. The van der Waals surface area contributed by atoms with Gasteiger partial charge in [0.25, 0.3) is 0 Å². The minimum Gasteiger partial charge on any atom is -0.281 e. The summed E-state index contributed by atoms with van der Waals surface area (Å²) >= 11 is 5.70. The van der Waals surface area contributed by atoms with E-state index in [9.17, 15) is 8.42 Å². The SMILES string of the molecule is Cc1n[nH]c(C)c1S(=O)(=O)NC(CCCl)C(C)C.